The molecule has 0 aliphatic carbocycles. The van der Waals surface area contributed by atoms with Gasteiger partial charge in [-0.1, -0.05) is 26.2 Å². The molecule has 1 atom stereocenters. The number of rotatable bonds is 10. The van der Waals surface area contributed by atoms with Gasteiger partial charge in [0.25, 0.3) is 0 Å². The maximum absolute atomic E-state index is 15.4. The molecule has 0 unspecified atom stereocenters. The van der Waals surface area contributed by atoms with E-state index in [1.807, 2.05) is 13.0 Å². The van der Waals surface area contributed by atoms with Gasteiger partial charge in [-0.3, -0.25) is 0 Å². The van der Waals surface area contributed by atoms with E-state index in [1.165, 1.54) is 12.5 Å². The van der Waals surface area contributed by atoms with Crippen molar-refractivity contribution in [3.05, 3.63) is 40.3 Å². The summed E-state index contributed by atoms with van der Waals surface area (Å²) in [6.45, 7) is 12.5. The number of nitrogens with zero attached hydrogens (tertiary/aromatic N) is 3. The Balaban J connectivity index is 1.94. The number of nitrogens with one attached hydrogen (secondary N) is 1. The molecule has 38 heavy (non-hydrogen) atoms. The molecule has 1 aromatic carbocycles. The van der Waals surface area contributed by atoms with Crippen molar-refractivity contribution < 1.29 is 23.8 Å². The summed E-state index contributed by atoms with van der Waals surface area (Å²) in [6.07, 6.45) is 4.62. The number of benzene rings is 1. The molecule has 0 bridgehead atoms. The third-order valence-corrected chi connectivity index (χ3v) is 6.82. The van der Waals surface area contributed by atoms with Gasteiger partial charge >= 0.3 is 5.97 Å². The number of aromatic nitrogens is 3. The molecule has 1 aliphatic heterocycles. The largest absolute Gasteiger partial charge is 0.490 e. The molecule has 0 spiro atoms. The number of anilines is 1. The molecule has 1 aliphatic rings. The Kier molecular flexibility index (Phi) is 8.25. The molecule has 0 saturated heterocycles. The minimum absolute atomic E-state index is 0.275. The van der Waals surface area contributed by atoms with Crippen molar-refractivity contribution in [2.24, 2.45) is 0 Å². The number of unbranched alkanes of at least 4 members (excludes halogenated alkanes) is 3. The Labute approximate surface area is 223 Å². The standard InChI is InChI=1S/C29H39FN4O4/c1-7-8-9-10-13-31-22-16-23-32-18(3)24(27(28(35)36)38-29(4,5)6)25(34(23)33-22)20-15-21(30)26-19(17(20)2)12-11-14-37-26/h15-16,27H,7-14H2,1-6H3,(H,31,33)(H,35,36)/t27-/m0/s1. The van der Waals surface area contributed by atoms with Crippen LogP contribution in [0.1, 0.15) is 88.3 Å². The summed E-state index contributed by atoms with van der Waals surface area (Å²) in [4.78, 5) is 17.3. The van der Waals surface area contributed by atoms with Gasteiger partial charge < -0.3 is 19.9 Å². The van der Waals surface area contributed by atoms with Crippen molar-refractivity contribution in [1.82, 2.24) is 14.6 Å². The molecule has 206 valence electrons. The first-order valence-corrected chi connectivity index (χ1v) is 13.5. The number of ether oxygens (including phenoxy) is 2. The summed E-state index contributed by atoms with van der Waals surface area (Å²) in [5, 5.41) is 18.4. The van der Waals surface area contributed by atoms with Crippen molar-refractivity contribution in [2.75, 3.05) is 18.5 Å². The maximum atomic E-state index is 15.4. The number of aryl methyl sites for hydroxylation is 1. The van der Waals surface area contributed by atoms with Gasteiger partial charge in [-0.2, -0.15) is 0 Å². The molecule has 0 amide bonds. The molecular formula is C29H39FN4O4. The van der Waals surface area contributed by atoms with E-state index in [1.54, 1.807) is 32.2 Å². The number of halogens is 1. The molecule has 8 nitrogen and oxygen atoms in total. The first-order valence-electron chi connectivity index (χ1n) is 13.5. The number of aliphatic carboxylic acids is 1. The van der Waals surface area contributed by atoms with Gasteiger partial charge in [0.05, 0.1) is 17.9 Å². The fourth-order valence-corrected chi connectivity index (χ4v) is 5.05. The highest BCUT2D eigenvalue weighted by atomic mass is 19.1. The highest BCUT2D eigenvalue weighted by molar-refractivity contribution is 5.82. The summed E-state index contributed by atoms with van der Waals surface area (Å²) in [6, 6.07) is 3.26. The lowest BCUT2D eigenvalue weighted by Crippen LogP contribution is -2.29. The molecule has 0 saturated carbocycles. The summed E-state index contributed by atoms with van der Waals surface area (Å²) >= 11 is 0. The summed E-state index contributed by atoms with van der Waals surface area (Å²) in [7, 11) is 0. The predicted molar refractivity (Wildman–Crippen MR) is 146 cm³/mol. The van der Waals surface area contributed by atoms with E-state index in [9.17, 15) is 9.90 Å². The van der Waals surface area contributed by atoms with Crippen LogP contribution in [0.5, 0.6) is 5.75 Å². The van der Waals surface area contributed by atoms with Crippen molar-refractivity contribution in [3.63, 3.8) is 0 Å². The van der Waals surface area contributed by atoms with Crippen molar-refractivity contribution in [3.8, 4) is 17.0 Å². The van der Waals surface area contributed by atoms with Crippen molar-refractivity contribution in [2.45, 2.75) is 91.8 Å². The van der Waals surface area contributed by atoms with Gasteiger partial charge in [-0.05, 0) is 65.5 Å². The van der Waals surface area contributed by atoms with Gasteiger partial charge in [-0.25, -0.2) is 18.7 Å². The van der Waals surface area contributed by atoms with E-state index in [0.717, 1.165) is 43.4 Å². The number of hydrogen-bond donors (Lipinski definition) is 2. The Morgan fingerprint density at radius 3 is 2.71 bits per heavy atom. The van der Waals surface area contributed by atoms with Crippen LogP contribution >= 0.6 is 0 Å². The highest BCUT2D eigenvalue weighted by Gasteiger charge is 2.34. The average Bonchev–Trinajstić information content (AvgIpc) is 3.25. The number of carboxylic acid groups (broad SMARTS) is 1. The SMILES string of the molecule is CCCCCCNc1cc2nc(C)c([C@H](OC(C)(C)C)C(=O)O)c(-c3cc(F)c4c(c3C)CCCO4)n2n1. The fraction of sp³-hybridized carbons (Fsp3) is 0.552. The Bertz CT molecular complexity index is 1330. The molecule has 0 fully saturated rings. The van der Waals surface area contributed by atoms with Gasteiger partial charge in [0.2, 0.25) is 0 Å². The monoisotopic (exact) mass is 526 g/mol. The topological polar surface area (TPSA) is 98.0 Å². The van der Waals surface area contributed by atoms with E-state index >= 15 is 4.39 Å². The lowest BCUT2D eigenvalue weighted by atomic mass is 9.91. The molecule has 3 heterocycles. The van der Waals surface area contributed by atoms with Gasteiger partial charge in [0.15, 0.2) is 29.1 Å². The smallest absolute Gasteiger partial charge is 0.337 e. The van der Waals surface area contributed by atoms with E-state index in [4.69, 9.17) is 19.6 Å². The quantitative estimate of drug-likeness (QED) is 0.295. The van der Waals surface area contributed by atoms with Crippen LogP contribution in [0.2, 0.25) is 0 Å². The minimum Gasteiger partial charge on any atom is -0.490 e. The molecule has 0 radical (unpaired) electrons. The van der Waals surface area contributed by atoms with Gasteiger partial charge in [0, 0.05) is 35.0 Å². The normalized spacial score (nSPS) is 14.3. The van der Waals surface area contributed by atoms with Crippen LogP contribution in [0.4, 0.5) is 10.2 Å². The molecule has 9 heteroatoms. The Hall–Kier alpha value is -3.20. The number of fused-ring (bicyclic) bond motifs is 2. The number of hydrogen-bond acceptors (Lipinski definition) is 6. The minimum atomic E-state index is -1.33. The Morgan fingerprint density at radius 1 is 1.26 bits per heavy atom. The van der Waals surface area contributed by atoms with Crippen LogP contribution in [0.15, 0.2) is 12.1 Å². The average molecular weight is 527 g/mol. The second-order valence-electron chi connectivity index (χ2n) is 11.0. The maximum Gasteiger partial charge on any atom is 0.337 e. The Morgan fingerprint density at radius 2 is 2.03 bits per heavy atom. The van der Waals surface area contributed by atoms with Crippen molar-refractivity contribution >= 4 is 17.4 Å². The zero-order valence-electron chi connectivity index (χ0n) is 23.3. The zero-order chi connectivity index (χ0) is 27.6. The van der Waals surface area contributed by atoms with E-state index in [-0.39, 0.29) is 5.75 Å². The van der Waals surface area contributed by atoms with E-state index in [0.29, 0.717) is 47.0 Å². The highest BCUT2D eigenvalue weighted by Crippen LogP contribution is 2.41. The first-order chi connectivity index (χ1) is 18.0. The molecule has 3 aromatic rings. The third-order valence-electron chi connectivity index (χ3n) is 6.82. The van der Waals surface area contributed by atoms with Crippen molar-refractivity contribution in [1.29, 1.82) is 0 Å². The van der Waals surface area contributed by atoms with Gasteiger partial charge in [-0.15, -0.1) is 5.10 Å². The van der Waals surface area contributed by atoms with E-state index in [2.05, 4.69) is 12.2 Å². The van der Waals surface area contributed by atoms with Crippen LogP contribution in [0.25, 0.3) is 16.9 Å². The van der Waals surface area contributed by atoms with Crippen LogP contribution in [0.3, 0.4) is 0 Å². The summed E-state index contributed by atoms with van der Waals surface area (Å²) < 4.78 is 28.7. The number of carbonyl (C=O) groups is 1. The fourth-order valence-electron chi connectivity index (χ4n) is 5.05. The van der Waals surface area contributed by atoms with Crippen LogP contribution in [0, 0.1) is 19.7 Å². The zero-order valence-corrected chi connectivity index (χ0v) is 23.3. The molecule has 2 aromatic heterocycles. The summed E-state index contributed by atoms with van der Waals surface area (Å²) in [5.41, 5.74) is 3.30. The lowest BCUT2D eigenvalue weighted by molar-refractivity contribution is -0.160. The molecule has 4 rings (SSSR count). The van der Waals surface area contributed by atoms with Crippen LogP contribution < -0.4 is 10.1 Å². The number of carboxylic acids is 1. The summed E-state index contributed by atoms with van der Waals surface area (Å²) in [5.74, 6) is -0.711. The van der Waals surface area contributed by atoms with Crippen LogP contribution in [-0.2, 0) is 16.0 Å². The van der Waals surface area contributed by atoms with E-state index < -0.39 is 23.5 Å². The third kappa shape index (κ3) is 5.77. The second kappa shape index (κ2) is 11.3. The van der Waals surface area contributed by atoms with Gasteiger partial charge in [0.1, 0.15) is 0 Å². The predicted octanol–water partition coefficient (Wildman–Crippen LogP) is 6.41. The molecular weight excluding hydrogens is 487 g/mol. The van der Waals surface area contributed by atoms with Crippen LogP contribution in [-0.4, -0.2) is 44.4 Å². The lowest BCUT2D eigenvalue weighted by Gasteiger charge is -2.28. The first kappa shape index (κ1) is 27.8. The second-order valence-corrected chi connectivity index (χ2v) is 11.0. The molecule has 2 N–H and O–H groups in total.